The van der Waals surface area contributed by atoms with E-state index in [2.05, 4.69) is 75.4 Å². The maximum atomic E-state index is 3.88. The Hall–Kier alpha value is 2.10. The Morgan fingerprint density at radius 3 is 2.54 bits per heavy atom. The summed E-state index contributed by atoms with van der Waals surface area (Å²) >= 11 is 7.48. The lowest BCUT2D eigenvalue weighted by Gasteiger charge is -2.18. The van der Waals surface area contributed by atoms with Gasteiger partial charge in [-0.05, 0) is 7.50 Å². The Kier molecular flexibility index (Phi) is 9.61. The third-order valence-corrected chi connectivity index (χ3v) is 9.82. The number of allylic oxidation sites excluding steroid dienone is 1. The Morgan fingerprint density at radius 1 is 1.54 bits per heavy atom. The molecule has 0 fully saturated rings. The average Bonchev–Trinajstić information content (AvgIpc) is 2.01. The van der Waals surface area contributed by atoms with Gasteiger partial charge in [-0.1, -0.05) is 16.9 Å². The third kappa shape index (κ3) is 10.4. The minimum absolute atomic E-state index is 0.529. The Morgan fingerprint density at radius 2 is 2.15 bits per heavy atom. The van der Waals surface area contributed by atoms with Crippen molar-refractivity contribution in [3.8, 4) is 0 Å². The first-order chi connectivity index (χ1) is 5.99. The quantitative estimate of drug-likeness (QED) is 0.200. The van der Waals surface area contributed by atoms with E-state index in [0.29, 0.717) is 0 Å². The van der Waals surface area contributed by atoms with Crippen LogP contribution in [0.3, 0.4) is 0 Å². The maximum Gasteiger partial charge on any atom is 0.0507 e. The minimum atomic E-state index is -0.529. The Labute approximate surface area is 121 Å². The molecule has 0 atom stereocenters. The second-order valence-electron chi connectivity index (χ2n) is 1.97. The lowest BCUT2D eigenvalue weighted by Crippen LogP contribution is -2.12. The highest BCUT2D eigenvalue weighted by Crippen LogP contribution is 2.79. The van der Waals surface area contributed by atoms with Crippen molar-refractivity contribution in [2.24, 2.45) is 5.10 Å². The molecule has 0 aliphatic carbocycles. The monoisotopic (exact) mass is 556 g/mol. The fourth-order valence-corrected chi connectivity index (χ4v) is 6.69. The molecule has 0 spiro atoms. The number of hydrogen-bond donors (Lipinski definition) is 0. The van der Waals surface area contributed by atoms with E-state index in [1.807, 2.05) is 35.0 Å². The van der Waals surface area contributed by atoms with Crippen molar-refractivity contribution < 1.29 is 0 Å². The van der Waals surface area contributed by atoms with Crippen molar-refractivity contribution in [1.82, 2.24) is 5.01 Å². The van der Waals surface area contributed by atoms with E-state index in [4.69, 9.17) is 0 Å². The van der Waals surface area contributed by atoms with Crippen molar-refractivity contribution in [3.63, 3.8) is 0 Å². The zero-order valence-electron chi connectivity index (χ0n) is 7.12. The third-order valence-electron chi connectivity index (χ3n) is 1.04. The van der Waals surface area contributed by atoms with Gasteiger partial charge in [0.05, 0.1) is 6.54 Å². The van der Waals surface area contributed by atoms with Gasteiger partial charge in [-0.15, -0.1) is 0 Å². The van der Waals surface area contributed by atoms with Crippen LogP contribution in [0.15, 0.2) is 17.4 Å². The Balaban J connectivity index is 3.67. The topological polar surface area (TPSA) is 15.6 Å². The molecular weight excluding hydrogens is 545 g/mol. The molecule has 0 unspecified atom stereocenters. The summed E-state index contributed by atoms with van der Waals surface area (Å²) in [5, 5.41) is 5.75. The lowest BCUT2D eigenvalue weighted by molar-refractivity contribution is 0.429. The standard InChI is InChI=1S/C6H11I3N2S2/c1-3-4-11(10-2)5-6-12-13(7,8)9/h3-4H,2,5-6H2,1H3/b4-3-. The molecule has 2 nitrogen and oxygen atoms in total. The van der Waals surface area contributed by atoms with Crippen LogP contribution in [0.1, 0.15) is 6.92 Å². The van der Waals surface area contributed by atoms with Gasteiger partial charge >= 0.3 is 0 Å². The minimum Gasteiger partial charge on any atom is -0.273 e. The van der Waals surface area contributed by atoms with Crippen LogP contribution < -0.4 is 0 Å². The number of halogens is 3. The largest absolute Gasteiger partial charge is 0.273 e. The van der Waals surface area contributed by atoms with Crippen LogP contribution in [0.25, 0.3) is 0 Å². The highest BCUT2D eigenvalue weighted by Gasteiger charge is 2.11. The van der Waals surface area contributed by atoms with Crippen molar-refractivity contribution in [2.75, 3.05) is 12.3 Å². The number of rotatable bonds is 6. The zero-order chi connectivity index (χ0) is 10.3. The van der Waals surface area contributed by atoms with Gasteiger partial charge in [-0.2, -0.15) is 5.10 Å². The number of hydrogen-bond acceptors (Lipinski definition) is 3. The summed E-state index contributed by atoms with van der Waals surface area (Å²) in [6.45, 7) is 6.43. The molecule has 0 N–H and O–H groups in total. The van der Waals surface area contributed by atoms with Crippen LogP contribution in [-0.4, -0.2) is 24.0 Å². The van der Waals surface area contributed by atoms with Gasteiger partial charge in [0.15, 0.2) is 0 Å². The summed E-state index contributed by atoms with van der Waals surface area (Å²) in [5.74, 6) is 1.09. The lowest BCUT2D eigenvalue weighted by atomic mass is 10.6. The smallest absolute Gasteiger partial charge is 0.0507 e. The van der Waals surface area contributed by atoms with E-state index in [-0.39, 0.29) is 0 Å². The molecule has 0 radical (unpaired) electrons. The first-order valence-electron chi connectivity index (χ1n) is 3.42. The molecule has 0 aliphatic heterocycles. The van der Waals surface area contributed by atoms with Crippen LogP contribution in [-0.2, 0) is 0 Å². The van der Waals surface area contributed by atoms with Gasteiger partial charge in [0.2, 0.25) is 0 Å². The van der Waals surface area contributed by atoms with Gasteiger partial charge < -0.3 is 0 Å². The maximum absolute atomic E-state index is 3.88. The molecule has 0 aromatic rings. The molecule has 7 heteroatoms. The number of hydrazone groups is 1. The van der Waals surface area contributed by atoms with Crippen LogP contribution >= 0.6 is 75.0 Å². The molecular formula is C6H11I3N2S2. The normalized spacial score (nSPS) is 13.2. The predicted octanol–water partition coefficient (Wildman–Crippen LogP) is 4.94. The molecule has 13 heavy (non-hydrogen) atoms. The van der Waals surface area contributed by atoms with Gasteiger partial charge in [0.25, 0.3) is 0 Å². The van der Waals surface area contributed by atoms with E-state index in [0.717, 1.165) is 12.3 Å². The SMILES string of the molecule is C=NN(/C=C\C)CCSS(I)(I)I. The molecule has 0 saturated carbocycles. The second kappa shape index (κ2) is 8.28. The zero-order valence-corrected chi connectivity index (χ0v) is 15.2. The first kappa shape index (κ1) is 15.1. The van der Waals surface area contributed by atoms with Gasteiger partial charge in [-0.25, -0.2) is 0 Å². The summed E-state index contributed by atoms with van der Waals surface area (Å²) in [7, 11) is 1.98. The summed E-state index contributed by atoms with van der Waals surface area (Å²) in [5.41, 5.74) is 0. The van der Waals surface area contributed by atoms with Crippen LogP contribution in [0.4, 0.5) is 0 Å². The molecule has 0 saturated heterocycles. The van der Waals surface area contributed by atoms with E-state index >= 15 is 0 Å². The van der Waals surface area contributed by atoms with Gasteiger partial charge in [-0.3, -0.25) is 5.01 Å². The van der Waals surface area contributed by atoms with E-state index in [9.17, 15) is 0 Å². The fraction of sp³-hybridized carbons (Fsp3) is 0.500. The highest BCUT2D eigenvalue weighted by atomic mass is 127. The summed E-state index contributed by atoms with van der Waals surface area (Å²) < 4.78 is -0.529. The molecule has 78 valence electrons. The molecule has 0 aromatic heterocycles. The van der Waals surface area contributed by atoms with Crippen LogP contribution in [0, 0.1) is 0 Å². The number of nitrogens with zero attached hydrogens (tertiary/aromatic N) is 2. The first-order valence-corrected chi connectivity index (χ1v) is 14.2. The fourth-order valence-electron chi connectivity index (χ4n) is 0.590. The summed E-state index contributed by atoms with van der Waals surface area (Å²) in [6, 6.07) is 0. The van der Waals surface area contributed by atoms with Crippen LogP contribution in [0.5, 0.6) is 0 Å². The molecule has 0 amide bonds. The predicted molar refractivity (Wildman–Crippen MR) is 93.2 cm³/mol. The molecule has 0 rings (SSSR count). The molecule has 0 heterocycles. The van der Waals surface area contributed by atoms with Crippen LogP contribution in [0.2, 0.25) is 0 Å². The van der Waals surface area contributed by atoms with Gasteiger partial charge in [0.1, 0.15) is 0 Å². The van der Waals surface area contributed by atoms with Crippen molar-refractivity contribution in [3.05, 3.63) is 12.3 Å². The van der Waals surface area contributed by atoms with Gasteiger partial charge in [0, 0.05) is 82.3 Å². The Bertz CT molecular complexity index is 181. The molecule has 0 bridgehead atoms. The molecule has 0 aromatic carbocycles. The van der Waals surface area contributed by atoms with E-state index in [1.54, 1.807) is 0 Å². The van der Waals surface area contributed by atoms with Crippen molar-refractivity contribution >= 4 is 81.7 Å². The molecule has 0 aliphatic rings. The second-order valence-corrected chi connectivity index (χ2v) is 38.0. The summed E-state index contributed by atoms with van der Waals surface area (Å²) in [6.07, 6.45) is 3.91. The highest BCUT2D eigenvalue weighted by molar-refractivity contribution is 14.5. The average molecular weight is 556 g/mol. The van der Waals surface area contributed by atoms with E-state index < -0.39 is 0.574 Å². The summed E-state index contributed by atoms with van der Waals surface area (Å²) in [4.78, 5) is 0. The van der Waals surface area contributed by atoms with Crippen molar-refractivity contribution in [2.45, 2.75) is 6.92 Å². The van der Waals surface area contributed by atoms with E-state index in [1.165, 1.54) is 0 Å². The van der Waals surface area contributed by atoms with Crippen molar-refractivity contribution in [1.29, 1.82) is 0 Å².